The zero-order valence-corrected chi connectivity index (χ0v) is 9.95. The molecule has 0 fully saturated rings. The minimum atomic E-state index is 0.295. The number of para-hydroxylation sites is 1. The van der Waals surface area contributed by atoms with Crippen LogP contribution in [0.3, 0.4) is 0 Å². The summed E-state index contributed by atoms with van der Waals surface area (Å²) in [6, 6.07) is 14.9. The SMILES string of the molecule is N#Cc1cccnc1Oc1cccc2cccnc12. The van der Waals surface area contributed by atoms with Crippen LogP contribution in [0, 0.1) is 11.3 Å². The molecule has 19 heavy (non-hydrogen) atoms. The van der Waals surface area contributed by atoms with E-state index in [9.17, 15) is 0 Å². The molecule has 90 valence electrons. The third-order valence-corrected chi connectivity index (χ3v) is 2.69. The molecule has 2 heterocycles. The van der Waals surface area contributed by atoms with Crippen molar-refractivity contribution in [3.05, 3.63) is 60.4 Å². The quantitative estimate of drug-likeness (QED) is 0.697. The van der Waals surface area contributed by atoms with E-state index in [-0.39, 0.29) is 0 Å². The molecule has 0 aliphatic carbocycles. The van der Waals surface area contributed by atoms with Crippen LogP contribution in [-0.4, -0.2) is 9.97 Å². The number of rotatable bonds is 2. The minimum Gasteiger partial charge on any atom is -0.435 e. The smallest absolute Gasteiger partial charge is 0.237 e. The maximum atomic E-state index is 9.02. The highest BCUT2D eigenvalue weighted by atomic mass is 16.5. The van der Waals surface area contributed by atoms with Crippen LogP contribution in [0.25, 0.3) is 10.9 Å². The monoisotopic (exact) mass is 247 g/mol. The van der Waals surface area contributed by atoms with Crippen molar-refractivity contribution in [3.8, 4) is 17.7 Å². The van der Waals surface area contributed by atoms with E-state index in [2.05, 4.69) is 16.0 Å². The Bertz CT molecular complexity index is 772. The molecule has 0 saturated heterocycles. The van der Waals surface area contributed by atoms with E-state index >= 15 is 0 Å². The molecule has 0 aliphatic heterocycles. The van der Waals surface area contributed by atoms with E-state index in [4.69, 9.17) is 10.00 Å². The summed E-state index contributed by atoms with van der Waals surface area (Å²) in [6.07, 6.45) is 3.30. The van der Waals surface area contributed by atoms with Crippen LogP contribution in [0.1, 0.15) is 5.56 Å². The Morgan fingerprint density at radius 3 is 2.63 bits per heavy atom. The fraction of sp³-hybridized carbons (Fsp3) is 0. The Labute approximate surface area is 109 Å². The molecule has 0 aliphatic rings. The van der Waals surface area contributed by atoms with Gasteiger partial charge in [-0.15, -0.1) is 0 Å². The lowest BCUT2D eigenvalue weighted by Gasteiger charge is -2.07. The normalized spacial score (nSPS) is 10.1. The van der Waals surface area contributed by atoms with Gasteiger partial charge in [0.15, 0.2) is 5.75 Å². The van der Waals surface area contributed by atoms with Crippen LogP contribution in [0.5, 0.6) is 11.6 Å². The summed E-state index contributed by atoms with van der Waals surface area (Å²) < 4.78 is 5.72. The summed E-state index contributed by atoms with van der Waals surface area (Å²) in [6.45, 7) is 0. The minimum absolute atomic E-state index is 0.295. The van der Waals surface area contributed by atoms with E-state index in [1.54, 1.807) is 24.5 Å². The number of hydrogen-bond donors (Lipinski definition) is 0. The Hall–Kier alpha value is -2.93. The molecule has 0 unspecified atom stereocenters. The number of hydrogen-bond acceptors (Lipinski definition) is 4. The second-order valence-corrected chi connectivity index (χ2v) is 3.90. The van der Waals surface area contributed by atoms with Crippen LogP contribution in [0.2, 0.25) is 0 Å². The zero-order valence-electron chi connectivity index (χ0n) is 9.95. The molecule has 0 bridgehead atoms. The highest BCUT2D eigenvalue weighted by Gasteiger charge is 2.08. The molecular weight excluding hydrogens is 238 g/mol. The van der Waals surface area contributed by atoms with Crippen molar-refractivity contribution in [3.63, 3.8) is 0 Å². The number of pyridine rings is 2. The summed E-state index contributed by atoms with van der Waals surface area (Å²) in [5.74, 6) is 0.886. The topological polar surface area (TPSA) is 58.8 Å². The van der Waals surface area contributed by atoms with Gasteiger partial charge in [-0.05, 0) is 24.3 Å². The Balaban J connectivity index is 2.09. The summed E-state index contributed by atoms with van der Waals surface area (Å²) in [5.41, 5.74) is 1.15. The van der Waals surface area contributed by atoms with Crippen LogP contribution >= 0.6 is 0 Å². The highest BCUT2D eigenvalue weighted by molar-refractivity contribution is 5.84. The van der Waals surface area contributed by atoms with E-state index in [0.717, 1.165) is 10.9 Å². The van der Waals surface area contributed by atoms with E-state index < -0.39 is 0 Å². The van der Waals surface area contributed by atoms with Gasteiger partial charge in [0.1, 0.15) is 17.1 Å². The molecule has 4 heteroatoms. The van der Waals surface area contributed by atoms with Gasteiger partial charge in [0.25, 0.3) is 0 Å². The Morgan fingerprint density at radius 2 is 1.74 bits per heavy atom. The summed E-state index contributed by atoms with van der Waals surface area (Å²) in [4.78, 5) is 8.38. The van der Waals surface area contributed by atoms with Crippen molar-refractivity contribution in [1.29, 1.82) is 5.26 Å². The van der Waals surface area contributed by atoms with Gasteiger partial charge in [0.2, 0.25) is 5.88 Å². The average Bonchev–Trinajstić information content (AvgIpc) is 2.48. The first kappa shape index (κ1) is 11.2. The lowest BCUT2D eigenvalue weighted by atomic mass is 10.2. The molecule has 0 radical (unpaired) electrons. The van der Waals surface area contributed by atoms with Gasteiger partial charge < -0.3 is 4.74 Å². The largest absolute Gasteiger partial charge is 0.435 e. The number of fused-ring (bicyclic) bond motifs is 1. The van der Waals surface area contributed by atoms with Crippen LogP contribution < -0.4 is 4.74 Å². The first-order valence-corrected chi connectivity index (χ1v) is 5.75. The van der Waals surface area contributed by atoms with Gasteiger partial charge in [-0.2, -0.15) is 5.26 Å². The average molecular weight is 247 g/mol. The van der Waals surface area contributed by atoms with Crippen molar-refractivity contribution < 1.29 is 4.74 Å². The third-order valence-electron chi connectivity index (χ3n) is 2.69. The van der Waals surface area contributed by atoms with E-state index in [1.165, 1.54) is 0 Å². The molecule has 0 atom stereocenters. The number of nitrogens with zero attached hydrogens (tertiary/aromatic N) is 3. The maximum Gasteiger partial charge on any atom is 0.237 e. The standard InChI is InChI=1S/C15H9N3O/c16-10-12-6-3-9-18-15(12)19-13-7-1-4-11-5-2-8-17-14(11)13/h1-9H. The van der Waals surface area contributed by atoms with Crippen molar-refractivity contribution in [2.75, 3.05) is 0 Å². The molecule has 4 nitrogen and oxygen atoms in total. The van der Waals surface area contributed by atoms with Crippen molar-refractivity contribution in [2.24, 2.45) is 0 Å². The summed E-state index contributed by atoms with van der Waals surface area (Å²) >= 11 is 0. The van der Waals surface area contributed by atoms with Crippen molar-refractivity contribution in [2.45, 2.75) is 0 Å². The third kappa shape index (κ3) is 2.09. The van der Waals surface area contributed by atoms with E-state index in [0.29, 0.717) is 17.2 Å². The second kappa shape index (κ2) is 4.75. The first-order valence-electron chi connectivity index (χ1n) is 5.75. The second-order valence-electron chi connectivity index (χ2n) is 3.90. The molecule has 0 saturated carbocycles. The number of aromatic nitrogens is 2. The predicted molar refractivity (Wildman–Crippen MR) is 70.8 cm³/mol. The molecule has 3 aromatic rings. The van der Waals surface area contributed by atoms with Gasteiger partial charge >= 0.3 is 0 Å². The van der Waals surface area contributed by atoms with Crippen LogP contribution in [0.15, 0.2) is 54.9 Å². The van der Waals surface area contributed by atoms with Gasteiger partial charge in [-0.25, -0.2) is 4.98 Å². The fourth-order valence-corrected chi connectivity index (χ4v) is 1.82. The lowest BCUT2D eigenvalue weighted by Crippen LogP contribution is -1.92. The van der Waals surface area contributed by atoms with Crippen molar-refractivity contribution in [1.82, 2.24) is 9.97 Å². The van der Waals surface area contributed by atoms with Gasteiger partial charge in [-0.3, -0.25) is 4.98 Å². The van der Waals surface area contributed by atoms with E-state index in [1.807, 2.05) is 30.3 Å². The molecular formula is C15H9N3O. The molecule has 0 spiro atoms. The van der Waals surface area contributed by atoms with Crippen molar-refractivity contribution >= 4 is 10.9 Å². The Morgan fingerprint density at radius 1 is 0.947 bits per heavy atom. The molecule has 1 aromatic carbocycles. The number of benzene rings is 1. The maximum absolute atomic E-state index is 9.02. The molecule has 0 amide bonds. The molecule has 3 rings (SSSR count). The van der Waals surface area contributed by atoms with Gasteiger partial charge in [-0.1, -0.05) is 18.2 Å². The summed E-state index contributed by atoms with van der Waals surface area (Å²) in [7, 11) is 0. The lowest BCUT2D eigenvalue weighted by molar-refractivity contribution is 0.465. The van der Waals surface area contributed by atoms with Gasteiger partial charge in [0.05, 0.1) is 0 Å². The first-order chi connectivity index (χ1) is 9.38. The summed E-state index contributed by atoms with van der Waals surface area (Å²) in [5, 5.41) is 10.0. The molecule has 2 aromatic heterocycles. The van der Waals surface area contributed by atoms with Crippen LogP contribution in [0.4, 0.5) is 0 Å². The zero-order chi connectivity index (χ0) is 13.1. The Kier molecular flexibility index (Phi) is 2.79. The fourth-order valence-electron chi connectivity index (χ4n) is 1.82. The highest BCUT2D eigenvalue weighted by Crippen LogP contribution is 2.28. The molecule has 0 N–H and O–H groups in total. The number of nitriles is 1. The predicted octanol–water partition coefficient (Wildman–Crippen LogP) is 3.29. The van der Waals surface area contributed by atoms with Gasteiger partial charge in [0, 0.05) is 17.8 Å². The number of ether oxygens (including phenoxy) is 1. The van der Waals surface area contributed by atoms with Crippen LogP contribution in [-0.2, 0) is 0 Å².